The summed E-state index contributed by atoms with van der Waals surface area (Å²) in [6.45, 7) is 1.99. The van der Waals surface area contributed by atoms with Gasteiger partial charge in [-0.25, -0.2) is 0 Å². The normalized spacial score (nSPS) is 12.3. The molecule has 0 bridgehead atoms. The molecule has 100 valence electrons. The Labute approximate surface area is 128 Å². The molecule has 0 saturated heterocycles. The van der Waals surface area contributed by atoms with Gasteiger partial charge < -0.3 is 4.74 Å². The zero-order valence-electron chi connectivity index (χ0n) is 10.6. The van der Waals surface area contributed by atoms with Gasteiger partial charge in [0.05, 0.1) is 22.5 Å². The number of benzene rings is 2. The average molecular weight is 316 g/mol. The standard InChI is InChI=1S/C15H13Cl3O/c1-9-8-10(19-2)6-7-11(9)14(17)12-4-3-5-13(16)15(12)18/h3-8,14H,1-2H3. The molecule has 0 aliphatic carbocycles. The van der Waals surface area contributed by atoms with Gasteiger partial charge in [-0.3, -0.25) is 0 Å². The van der Waals surface area contributed by atoms with Crippen LogP contribution in [0.1, 0.15) is 22.1 Å². The van der Waals surface area contributed by atoms with E-state index in [9.17, 15) is 0 Å². The molecule has 0 aliphatic heterocycles. The van der Waals surface area contributed by atoms with Gasteiger partial charge in [0.1, 0.15) is 5.75 Å². The van der Waals surface area contributed by atoms with Gasteiger partial charge in [0.15, 0.2) is 0 Å². The summed E-state index contributed by atoms with van der Waals surface area (Å²) in [6.07, 6.45) is 0. The molecule has 0 aromatic heterocycles. The lowest BCUT2D eigenvalue weighted by atomic mass is 9.99. The van der Waals surface area contributed by atoms with Crippen molar-refractivity contribution in [1.82, 2.24) is 0 Å². The largest absolute Gasteiger partial charge is 0.497 e. The monoisotopic (exact) mass is 314 g/mol. The second-order valence-corrected chi connectivity index (χ2v) is 5.45. The Balaban J connectivity index is 2.44. The minimum Gasteiger partial charge on any atom is -0.497 e. The summed E-state index contributed by atoms with van der Waals surface area (Å²) in [7, 11) is 1.64. The Morgan fingerprint density at radius 2 is 1.79 bits per heavy atom. The highest BCUT2D eigenvalue weighted by molar-refractivity contribution is 6.43. The summed E-state index contributed by atoms with van der Waals surface area (Å²) < 4.78 is 5.19. The van der Waals surface area contributed by atoms with E-state index in [2.05, 4.69) is 0 Å². The van der Waals surface area contributed by atoms with Gasteiger partial charge in [-0.05, 0) is 41.8 Å². The minimum atomic E-state index is -0.336. The van der Waals surface area contributed by atoms with Crippen molar-refractivity contribution in [2.24, 2.45) is 0 Å². The molecule has 1 unspecified atom stereocenters. The smallest absolute Gasteiger partial charge is 0.119 e. The van der Waals surface area contributed by atoms with Crippen LogP contribution in [-0.4, -0.2) is 7.11 Å². The van der Waals surface area contributed by atoms with Crippen LogP contribution in [0.25, 0.3) is 0 Å². The molecule has 0 aliphatic rings. The van der Waals surface area contributed by atoms with E-state index in [1.807, 2.05) is 37.3 Å². The highest BCUT2D eigenvalue weighted by Gasteiger charge is 2.17. The highest BCUT2D eigenvalue weighted by Crippen LogP contribution is 2.38. The fourth-order valence-electron chi connectivity index (χ4n) is 1.94. The van der Waals surface area contributed by atoms with E-state index in [-0.39, 0.29) is 5.38 Å². The first-order valence-corrected chi connectivity index (χ1v) is 6.96. The predicted octanol–water partition coefficient (Wildman–Crippen LogP) is 5.64. The fourth-order valence-corrected chi connectivity index (χ4v) is 2.84. The molecule has 0 fully saturated rings. The van der Waals surface area contributed by atoms with Crippen molar-refractivity contribution in [3.63, 3.8) is 0 Å². The van der Waals surface area contributed by atoms with Crippen LogP contribution in [0.3, 0.4) is 0 Å². The van der Waals surface area contributed by atoms with Crippen molar-refractivity contribution >= 4 is 34.8 Å². The number of hydrogen-bond donors (Lipinski definition) is 0. The summed E-state index contributed by atoms with van der Waals surface area (Å²) >= 11 is 18.8. The number of ether oxygens (including phenoxy) is 1. The van der Waals surface area contributed by atoms with Gasteiger partial charge in [-0.15, -0.1) is 11.6 Å². The van der Waals surface area contributed by atoms with Gasteiger partial charge in [-0.1, -0.05) is 41.4 Å². The van der Waals surface area contributed by atoms with Crippen molar-refractivity contribution in [2.75, 3.05) is 7.11 Å². The molecule has 0 N–H and O–H groups in total. The molecule has 2 aromatic carbocycles. The highest BCUT2D eigenvalue weighted by atomic mass is 35.5. The third-order valence-corrected chi connectivity index (χ3v) is 4.31. The van der Waals surface area contributed by atoms with Crippen molar-refractivity contribution in [3.05, 3.63) is 63.1 Å². The molecule has 0 saturated carbocycles. The molecule has 4 heteroatoms. The Hall–Kier alpha value is -0.890. The first-order valence-electron chi connectivity index (χ1n) is 5.77. The maximum absolute atomic E-state index is 6.53. The van der Waals surface area contributed by atoms with Gasteiger partial charge in [0, 0.05) is 0 Å². The van der Waals surface area contributed by atoms with Crippen LogP contribution in [0.4, 0.5) is 0 Å². The van der Waals surface area contributed by atoms with E-state index in [4.69, 9.17) is 39.5 Å². The molecule has 2 aromatic rings. The maximum Gasteiger partial charge on any atom is 0.119 e. The summed E-state index contributed by atoms with van der Waals surface area (Å²) in [5.74, 6) is 0.808. The lowest BCUT2D eigenvalue weighted by molar-refractivity contribution is 0.414. The molecule has 0 amide bonds. The van der Waals surface area contributed by atoms with E-state index in [0.717, 1.165) is 22.4 Å². The Bertz CT molecular complexity index is 596. The number of halogens is 3. The number of hydrogen-bond acceptors (Lipinski definition) is 1. The number of rotatable bonds is 3. The Morgan fingerprint density at radius 1 is 1.05 bits per heavy atom. The minimum absolute atomic E-state index is 0.336. The zero-order chi connectivity index (χ0) is 14.0. The van der Waals surface area contributed by atoms with Crippen molar-refractivity contribution in [3.8, 4) is 5.75 Å². The number of alkyl halides is 1. The third kappa shape index (κ3) is 3.00. The lowest BCUT2D eigenvalue weighted by Crippen LogP contribution is -1.98. The van der Waals surface area contributed by atoms with Crippen LogP contribution < -0.4 is 4.74 Å². The SMILES string of the molecule is COc1ccc(C(Cl)c2cccc(Cl)c2Cl)c(C)c1. The quantitative estimate of drug-likeness (QED) is 0.666. The predicted molar refractivity (Wildman–Crippen MR) is 81.9 cm³/mol. The second-order valence-electron chi connectivity index (χ2n) is 4.23. The molecule has 2 rings (SSSR count). The lowest BCUT2D eigenvalue weighted by Gasteiger charge is -2.16. The summed E-state index contributed by atoms with van der Waals surface area (Å²) in [5.41, 5.74) is 2.85. The van der Waals surface area contributed by atoms with E-state index < -0.39 is 0 Å². The van der Waals surface area contributed by atoms with Crippen LogP contribution in [0.2, 0.25) is 10.0 Å². The van der Waals surface area contributed by atoms with Crippen LogP contribution >= 0.6 is 34.8 Å². The zero-order valence-corrected chi connectivity index (χ0v) is 12.9. The molecular weight excluding hydrogens is 303 g/mol. The van der Waals surface area contributed by atoms with Gasteiger partial charge in [-0.2, -0.15) is 0 Å². The van der Waals surface area contributed by atoms with Crippen molar-refractivity contribution in [2.45, 2.75) is 12.3 Å². The molecule has 1 nitrogen and oxygen atoms in total. The molecule has 0 spiro atoms. The molecular formula is C15H13Cl3O. The van der Waals surface area contributed by atoms with E-state index in [1.165, 1.54) is 0 Å². The van der Waals surface area contributed by atoms with Gasteiger partial charge >= 0.3 is 0 Å². The first kappa shape index (κ1) is 14.5. The van der Waals surface area contributed by atoms with Crippen molar-refractivity contribution in [1.29, 1.82) is 0 Å². The average Bonchev–Trinajstić information content (AvgIpc) is 2.41. The molecule has 0 heterocycles. The van der Waals surface area contributed by atoms with E-state index in [0.29, 0.717) is 10.0 Å². The third-order valence-electron chi connectivity index (χ3n) is 3.00. The van der Waals surface area contributed by atoms with E-state index >= 15 is 0 Å². The topological polar surface area (TPSA) is 9.23 Å². The van der Waals surface area contributed by atoms with Crippen LogP contribution in [0, 0.1) is 6.92 Å². The first-order chi connectivity index (χ1) is 9.04. The summed E-state index contributed by atoms with van der Waals surface area (Å²) in [5, 5.41) is 0.674. The molecule has 1 atom stereocenters. The van der Waals surface area contributed by atoms with Crippen LogP contribution in [0.5, 0.6) is 5.75 Å². The Morgan fingerprint density at radius 3 is 2.42 bits per heavy atom. The van der Waals surface area contributed by atoms with E-state index in [1.54, 1.807) is 13.2 Å². The van der Waals surface area contributed by atoms with Gasteiger partial charge in [0.2, 0.25) is 0 Å². The number of methoxy groups -OCH3 is 1. The number of aryl methyl sites for hydroxylation is 1. The maximum atomic E-state index is 6.53. The molecule has 19 heavy (non-hydrogen) atoms. The second kappa shape index (κ2) is 6.04. The van der Waals surface area contributed by atoms with Crippen LogP contribution in [0.15, 0.2) is 36.4 Å². The van der Waals surface area contributed by atoms with Gasteiger partial charge in [0.25, 0.3) is 0 Å². The van der Waals surface area contributed by atoms with Crippen LogP contribution in [-0.2, 0) is 0 Å². The Kier molecular flexibility index (Phi) is 4.62. The fraction of sp³-hybridized carbons (Fsp3) is 0.200. The molecule has 0 radical (unpaired) electrons. The summed E-state index contributed by atoms with van der Waals surface area (Å²) in [6, 6.07) is 11.3. The van der Waals surface area contributed by atoms with Crippen molar-refractivity contribution < 1.29 is 4.74 Å². The summed E-state index contributed by atoms with van der Waals surface area (Å²) in [4.78, 5) is 0.